The molecule has 172 valence electrons. The second kappa shape index (κ2) is 10.0. The molecule has 8 heteroatoms. The molecule has 30 heavy (non-hydrogen) atoms. The summed E-state index contributed by atoms with van der Waals surface area (Å²) >= 11 is 0. The van der Waals surface area contributed by atoms with Crippen molar-refractivity contribution in [1.82, 2.24) is 4.98 Å². The summed E-state index contributed by atoms with van der Waals surface area (Å²) in [5.41, 5.74) is 1.94. The number of ether oxygens (including phenoxy) is 2. The lowest BCUT2D eigenvalue weighted by molar-refractivity contribution is 0.0484. The van der Waals surface area contributed by atoms with Crippen LogP contribution in [0.5, 0.6) is 5.75 Å². The van der Waals surface area contributed by atoms with Gasteiger partial charge in [-0.25, -0.2) is 4.98 Å². The Morgan fingerprint density at radius 2 is 1.43 bits per heavy atom. The summed E-state index contributed by atoms with van der Waals surface area (Å²) in [6.07, 6.45) is 2.42. The van der Waals surface area contributed by atoms with Crippen molar-refractivity contribution in [3.63, 3.8) is 0 Å². The number of nitrogens with zero attached hydrogens (tertiary/aromatic N) is 1. The Hall–Kier alpha value is -1.07. The summed E-state index contributed by atoms with van der Waals surface area (Å²) in [7, 11) is -2.42. The van der Waals surface area contributed by atoms with E-state index in [0.29, 0.717) is 25.2 Å². The molecule has 0 fully saturated rings. The molecule has 0 saturated carbocycles. The lowest BCUT2D eigenvalue weighted by atomic mass is 10.1. The average molecular weight is 456 g/mol. The molecule has 0 aliphatic heterocycles. The highest BCUT2D eigenvalue weighted by Crippen LogP contribution is 2.40. The van der Waals surface area contributed by atoms with Crippen molar-refractivity contribution in [3.05, 3.63) is 23.0 Å². The van der Waals surface area contributed by atoms with Crippen LogP contribution in [0.4, 0.5) is 0 Å². The third kappa shape index (κ3) is 6.72. The van der Waals surface area contributed by atoms with Gasteiger partial charge in [0.15, 0.2) is 35.5 Å². The van der Waals surface area contributed by atoms with Crippen LogP contribution < -0.4 is 4.74 Å². The highest BCUT2D eigenvalue weighted by atomic mass is 28.4. The van der Waals surface area contributed by atoms with Crippen LogP contribution in [0.1, 0.15) is 63.2 Å². The van der Waals surface area contributed by atoms with Crippen molar-refractivity contribution in [2.24, 2.45) is 0 Å². The Kier molecular flexibility index (Phi) is 9.02. The van der Waals surface area contributed by atoms with Gasteiger partial charge < -0.3 is 18.3 Å². The summed E-state index contributed by atoms with van der Waals surface area (Å²) in [5.74, 6) is 0.418. The highest BCUT2D eigenvalue weighted by Gasteiger charge is 2.39. The maximum Gasteiger partial charge on any atom is 0.192 e. The SMILES string of the molecule is COCOc1c(C=O)ncc(CO[Si](C)(C)C(C)(C)C)c1CO[Si](C)(C)C(C)(C)C. The largest absolute Gasteiger partial charge is 0.465 e. The first-order valence-electron chi connectivity index (χ1n) is 10.4. The molecule has 0 unspecified atom stereocenters. The van der Waals surface area contributed by atoms with E-state index in [1.807, 2.05) is 0 Å². The zero-order chi connectivity index (χ0) is 23.4. The standard InChI is InChI=1S/C22H41NO5Si2/c1-21(2,3)29(8,9)27-14-17-12-23-19(13-24)20(26-16-25-7)18(17)15-28-30(10,11)22(4,5)6/h12-13H,14-16H2,1-11H3. The average Bonchev–Trinajstić information content (AvgIpc) is 2.61. The molecule has 0 amide bonds. The van der Waals surface area contributed by atoms with E-state index in [-0.39, 0.29) is 22.6 Å². The molecule has 0 N–H and O–H groups in total. The lowest BCUT2D eigenvalue weighted by Gasteiger charge is -2.37. The molecule has 6 nitrogen and oxygen atoms in total. The molecule has 1 aromatic heterocycles. The first-order chi connectivity index (χ1) is 13.6. The summed E-state index contributed by atoms with van der Waals surface area (Å²) in [5, 5.41) is 0.162. The van der Waals surface area contributed by atoms with Crippen LogP contribution in [0.25, 0.3) is 0 Å². The molecule has 0 atom stereocenters. The fourth-order valence-corrected chi connectivity index (χ4v) is 4.06. The van der Waals surface area contributed by atoms with Gasteiger partial charge in [0.2, 0.25) is 0 Å². The Bertz CT molecular complexity index is 721. The van der Waals surface area contributed by atoms with E-state index < -0.39 is 16.6 Å². The predicted molar refractivity (Wildman–Crippen MR) is 126 cm³/mol. The quantitative estimate of drug-likeness (QED) is 0.248. The molecular formula is C22H41NO5Si2. The maximum absolute atomic E-state index is 11.6. The molecule has 1 heterocycles. The van der Waals surface area contributed by atoms with Crippen molar-refractivity contribution in [1.29, 1.82) is 0 Å². The van der Waals surface area contributed by atoms with Crippen molar-refractivity contribution in [2.75, 3.05) is 13.9 Å². The van der Waals surface area contributed by atoms with Crippen LogP contribution in [-0.2, 0) is 26.8 Å². The molecule has 0 aromatic carbocycles. The van der Waals surface area contributed by atoms with Crippen LogP contribution in [0.2, 0.25) is 36.3 Å². The van der Waals surface area contributed by atoms with Crippen LogP contribution >= 0.6 is 0 Å². The molecule has 1 rings (SSSR count). The van der Waals surface area contributed by atoms with E-state index >= 15 is 0 Å². The number of methoxy groups -OCH3 is 1. The summed E-state index contributed by atoms with van der Waals surface area (Å²) < 4.78 is 23.8. The summed E-state index contributed by atoms with van der Waals surface area (Å²) in [4.78, 5) is 15.9. The van der Waals surface area contributed by atoms with Crippen LogP contribution in [0.3, 0.4) is 0 Å². The number of aromatic nitrogens is 1. The second-order valence-corrected chi connectivity index (χ2v) is 20.4. The normalized spacial score (nSPS) is 13.4. The Labute approximate surface area is 184 Å². The van der Waals surface area contributed by atoms with Gasteiger partial charge >= 0.3 is 0 Å². The third-order valence-electron chi connectivity index (χ3n) is 6.46. The fraction of sp³-hybridized carbons (Fsp3) is 0.727. The minimum Gasteiger partial charge on any atom is -0.465 e. The second-order valence-electron chi connectivity index (χ2n) is 10.7. The van der Waals surface area contributed by atoms with Gasteiger partial charge in [0.1, 0.15) is 5.69 Å². The molecule has 0 radical (unpaired) electrons. The van der Waals surface area contributed by atoms with Crippen molar-refractivity contribution in [2.45, 2.75) is 91.0 Å². The monoisotopic (exact) mass is 455 g/mol. The first-order valence-corrected chi connectivity index (χ1v) is 16.2. The van der Waals surface area contributed by atoms with Crippen molar-refractivity contribution < 1.29 is 23.1 Å². The zero-order valence-corrected chi connectivity index (χ0v) is 22.8. The van der Waals surface area contributed by atoms with Gasteiger partial charge in [-0.05, 0) is 36.3 Å². The lowest BCUT2D eigenvalue weighted by Crippen LogP contribution is -2.41. The van der Waals surface area contributed by atoms with Gasteiger partial charge in [-0.15, -0.1) is 0 Å². The number of rotatable bonds is 10. The molecule has 0 saturated heterocycles. The topological polar surface area (TPSA) is 66.9 Å². The minimum absolute atomic E-state index is 0.0299. The number of aldehydes is 1. The first kappa shape index (κ1) is 27.0. The fourth-order valence-electron chi connectivity index (χ4n) is 2.17. The van der Waals surface area contributed by atoms with Gasteiger partial charge in [0, 0.05) is 24.4 Å². The van der Waals surface area contributed by atoms with E-state index in [1.165, 1.54) is 0 Å². The van der Waals surface area contributed by atoms with Gasteiger partial charge in [-0.1, -0.05) is 41.5 Å². The van der Waals surface area contributed by atoms with Crippen LogP contribution in [-0.4, -0.2) is 41.8 Å². The van der Waals surface area contributed by atoms with E-state index in [0.717, 1.165) is 11.1 Å². The highest BCUT2D eigenvalue weighted by molar-refractivity contribution is 6.74. The third-order valence-corrected chi connectivity index (χ3v) is 15.4. The molecule has 1 aromatic rings. The van der Waals surface area contributed by atoms with Crippen molar-refractivity contribution >= 4 is 22.9 Å². The number of hydrogen-bond acceptors (Lipinski definition) is 6. The Morgan fingerprint density at radius 3 is 1.87 bits per heavy atom. The van der Waals surface area contributed by atoms with Crippen LogP contribution in [0.15, 0.2) is 6.20 Å². The smallest absolute Gasteiger partial charge is 0.192 e. The molecule has 0 aliphatic rings. The van der Waals surface area contributed by atoms with Crippen molar-refractivity contribution in [3.8, 4) is 5.75 Å². The zero-order valence-electron chi connectivity index (χ0n) is 20.8. The number of pyridine rings is 1. The van der Waals surface area contributed by atoms with Gasteiger partial charge in [-0.3, -0.25) is 4.79 Å². The predicted octanol–water partition coefficient (Wildman–Crippen LogP) is 5.92. The van der Waals surface area contributed by atoms with Crippen LogP contribution in [0, 0.1) is 0 Å². The molecule has 0 aliphatic carbocycles. The molecular weight excluding hydrogens is 414 g/mol. The Morgan fingerprint density at radius 1 is 0.933 bits per heavy atom. The number of hydrogen-bond donors (Lipinski definition) is 0. The molecule has 0 bridgehead atoms. The van der Waals surface area contributed by atoms with Gasteiger partial charge in [-0.2, -0.15) is 0 Å². The van der Waals surface area contributed by atoms with Gasteiger partial charge in [0.25, 0.3) is 0 Å². The van der Waals surface area contributed by atoms with E-state index in [2.05, 4.69) is 72.7 Å². The van der Waals surface area contributed by atoms with E-state index in [4.69, 9.17) is 18.3 Å². The molecule has 0 spiro atoms. The number of carbonyl (C=O) groups is 1. The summed E-state index contributed by atoms with van der Waals surface area (Å²) in [6.45, 7) is 22.9. The Balaban J connectivity index is 3.34. The number of carbonyl (C=O) groups excluding carboxylic acids is 1. The maximum atomic E-state index is 11.6. The van der Waals surface area contributed by atoms with Gasteiger partial charge in [0.05, 0.1) is 13.2 Å². The summed E-state index contributed by atoms with van der Waals surface area (Å²) in [6, 6.07) is 0. The van der Waals surface area contributed by atoms with E-state index in [9.17, 15) is 4.79 Å². The van der Waals surface area contributed by atoms with E-state index in [1.54, 1.807) is 13.3 Å². The minimum atomic E-state index is -2.01.